The molecule has 0 aliphatic rings. The predicted molar refractivity (Wildman–Crippen MR) is 215 cm³/mol. The van der Waals surface area contributed by atoms with Gasteiger partial charge in [0.1, 0.15) is 0 Å². The number of nitrogens with zero attached hydrogens (tertiary/aromatic N) is 4. The molecule has 0 aliphatic heterocycles. The van der Waals surface area contributed by atoms with E-state index in [2.05, 4.69) is 158 Å². The molecule has 10 rings (SSSR count). The average molecular weight is 663 g/mol. The molecule has 4 heteroatoms. The third-order valence-electron chi connectivity index (χ3n) is 9.83. The van der Waals surface area contributed by atoms with Crippen LogP contribution in [-0.4, -0.2) is 19.9 Å². The zero-order chi connectivity index (χ0) is 34.4. The maximum absolute atomic E-state index is 5.29. The molecule has 52 heavy (non-hydrogen) atoms. The second-order valence-corrected chi connectivity index (χ2v) is 13.2. The first-order valence-corrected chi connectivity index (χ1v) is 17.4. The largest absolute Gasteiger partial charge is 0.256 e. The van der Waals surface area contributed by atoms with Crippen LogP contribution in [0.1, 0.15) is 0 Å². The van der Waals surface area contributed by atoms with Crippen LogP contribution in [0.5, 0.6) is 0 Å². The minimum Gasteiger partial charge on any atom is -0.256 e. The summed E-state index contributed by atoms with van der Waals surface area (Å²) < 4.78 is 0. The number of fused-ring (bicyclic) bond motifs is 4. The lowest BCUT2D eigenvalue weighted by Crippen LogP contribution is -1.97. The van der Waals surface area contributed by atoms with Crippen molar-refractivity contribution in [3.05, 3.63) is 182 Å². The lowest BCUT2D eigenvalue weighted by Gasteiger charge is -2.13. The zero-order valence-corrected chi connectivity index (χ0v) is 28.1. The van der Waals surface area contributed by atoms with Crippen LogP contribution >= 0.6 is 0 Å². The topological polar surface area (TPSA) is 51.6 Å². The lowest BCUT2D eigenvalue weighted by atomic mass is 9.98. The number of benzene rings is 7. The predicted octanol–water partition coefficient (Wildman–Crippen LogP) is 12.2. The number of aromatic nitrogens is 4. The monoisotopic (exact) mass is 662 g/mol. The Morgan fingerprint density at radius 3 is 1.42 bits per heavy atom. The second kappa shape index (κ2) is 12.4. The third-order valence-corrected chi connectivity index (χ3v) is 9.83. The molecule has 3 heterocycles. The molecule has 0 saturated carbocycles. The molecule has 0 saturated heterocycles. The Morgan fingerprint density at radius 2 is 0.769 bits per heavy atom. The van der Waals surface area contributed by atoms with Crippen LogP contribution in [0.15, 0.2) is 182 Å². The highest BCUT2D eigenvalue weighted by molar-refractivity contribution is 5.91. The Bertz CT molecular complexity index is 2580. The van der Waals surface area contributed by atoms with E-state index in [1.807, 2.05) is 24.4 Å². The van der Waals surface area contributed by atoms with E-state index in [9.17, 15) is 0 Å². The van der Waals surface area contributed by atoms with Crippen molar-refractivity contribution in [2.45, 2.75) is 0 Å². The maximum atomic E-state index is 5.29. The van der Waals surface area contributed by atoms with E-state index in [4.69, 9.17) is 19.9 Å². The van der Waals surface area contributed by atoms with Crippen molar-refractivity contribution in [2.75, 3.05) is 0 Å². The number of rotatable bonds is 5. The first-order chi connectivity index (χ1) is 25.7. The Morgan fingerprint density at radius 1 is 0.269 bits per heavy atom. The van der Waals surface area contributed by atoms with Crippen molar-refractivity contribution in [3.63, 3.8) is 0 Å². The fourth-order valence-corrected chi connectivity index (χ4v) is 7.09. The zero-order valence-electron chi connectivity index (χ0n) is 28.1. The Kier molecular flexibility index (Phi) is 7.10. The second-order valence-electron chi connectivity index (χ2n) is 13.2. The molecular formula is C48H30N4. The number of pyridine rings is 2. The van der Waals surface area contributed by atoms with Gasteiger partial charge in [-0.2, -0.15) is 0 Å². The fraction of sp³-hybridized carbons (Fsp3) is 0. The first-order valence-electron chi connectivity index (χ1n) is 17.4. The normalized spacial score (nSPS) is 11.5. The Labute approximate surface area is 300 Å². The highest BCUT2D eigenvalue weighted by Crippen LogP contribution is 2.35. The van der Waals surface area contributed by atoms with E-state index in [1.165, 1.54) is 21.5 Å². The summed E-state index contributed by atoms with van der Waals surface area (Å²) in [7, 11) is 0. The summed E-state index contributed by atoms with van der Waals surface area (Å²) in [6.07, 6.45) is 1.94. The Hall–Kier alpha value is -7.04. The Balaban J connectivity index is 1.21. The lowest BCUT2D eigenvalue weighted by molar-refractivity contribution is 1.18. The van der Waals surface area contributed by atoms with Gasteiger partial charge in [0.15, 0.2) is 5.82 Å². The summed E-state index contributed by atoms with van der Waals surface area (Å²) in [6, 6.07) is 61.4. The van der Waals surface area contributed by atoms with Crippen molar-refractivity contribution < 1.29 is 0 Å². The molecule has 3 aromatic heterocycles. The van der Waals surface area contributed by atoms with E-state index >= 15 is 0 Å². The molecule has 0 aliphatic carbocycles. The summed E-state index contributed by atoms with van der Waals surface area (Å²) >= 11 is 0. The molecule has 0 spiro atoms. The van der Waals surface area contributed by atoms with E-state index in [-0.39, 0.29) is 0 Å². The summed E-state index contributed by atoms with van der Waals surface area (Å²) in [5.41, 5.74) is 9.33. The van der Waals surface area contributed by atoms with Crippen molar-refractivity contribution in [1.82, 2.24) is 19.9 Å². The van der Waals surface area contributed by atoms with E-state index in [1.54, 1.807) is 0 Å². The quantitative estimate of drug-likeness (QED) is 0.184. The van der Waals surface area contributed by atoms with E-state index in [0.717, 1.165) is 72.3 Å². The van der Waals surface area contributed by atoms with E-state index < -0.39 is 0 Å². The van der Waals surface area contributed by atoms with Crippen molar-refractivity contribution in [3.8, 4) is 56.4 Å². The standard InChI is InChI=1S/C48H30N4/c1-3-12-34-23-37(19-17-31(34)9-1)46-29-47(38-20-18-32-10-2-4-13-35(32)24-38)52-48(51-46)42-26-40(44-22-21-33-11-7-8-16-43(33)50-44)25-41(27-42)45-28-36-14-5-6-15-39(36)30-49-45/h1-30H. The molecule has 7 aromatic carbocycles. The van der Waals surface area contributed by atoms with Gasteiger partial charge in [-0.15, -0.1) is 0 Å². The van der Waals surface area contributed by atoms with Gasteiger partial charge in [0.2, 0.25) is 0 Å². The minimum atomic E-state index is 0.637. The maximum Gasteiger partial charge on any atom is 0.160 e. The van der Waals surface area contributed by atoms with Gasteiger partial charge < -0.3 is 0 Å². The van der Waals surface area contributed by atoms with Crippen LogP contribution in [0.4, 0.5) is 0 Å². The first kappa shape index (κ1) is 29.8. The van der Waals surface area contributed by atoms with Crippen LogP contribution in [0.2, 0.25) is 0 Å². The molecule has 0 radical (unpaired) electrons. The van der Waals surface area contributed by atoms with Crippen LogP contribution in [0, 0.1) is 0 Å². The van der Waals surface area contributed by atoms with Gasteiger partial charge in [0.25, 0.3) is 0 Å². The van der Waals surface area contributed by atoms with Gasteiger partial charge in [-0.05, 0) is 81.5 Å². The van der Waals surface area contributed by atoms with Gasteiger partial charge >= 0.3 is 0 Å². The summed E-state index contributed by atoms with van der Waals surface area (Å²) in [5, 5.41) is 8.06. The molecule has 0 fully saturated rings. The van der Waals surface area contributed by atoms with Crippen LogP contribution in [0.3, 0.4) is 0 Å². The molecule has 0 bridgehead atoms. The molecule has 242 valence electrons. The minimum absolute atomic E-state index is 0.637. The smallest absolute Gasteiger partial charge is 0.160 e. The van der Waals surface area contributed by atoms with Gasteiger partial charge in [0.05, 0.1) is 28.3 Å². The van der Waals surface area contributed by atoms with Crippen molar-refractivity contribution in [1.29, 1.82) is 0 Å². The molecule has 0 atom stereocenters. The highest BCUT2D eigenvalue weighted by Gasteiger charge is 2.16. The number of para-hydroxylation sites is 1. The van der Waals surface area contributed by atoms with Gasteiger partial charge in [-0.1, -0.05) is 121 Å². The van der Waals surface area contributed by atoms with Crippen LogP contribution < -0.4 is 0 Å². The number of hydrogen-bond acceptors (Lipinski definition) is 4. The van der Waals surface area contributed by atoms with Crippen LogP contribution in [0.25, 0.3) is 99.6 Å². The van der Waals surface area contributed by atoms with Crippen molar-refractivity contribution in [2.24, 2.45) is 0 Å². The van der Waals surface area contributed by atoms with Crippen molar-refractivity contribution >= 4 is 43.2 Å². The number of hydrogen-bond donors (Lipinski definition) is 0. The molecule has 4 nitrogen and oxygen atoms in total. The van der Waals surface area contributed by atoms with Gasteiger partial charge in [-0.25, -0.2) is 15.0 Å². The van der Waals surface area contributed by atoms with E-state index in [0.29, 0.717) is 5.82 Å². The average Bonchev–Trinajstić information content (AvgIpc) is 3.22. The molecule has 10 aromatic rings. The SMILES string of the molecule is c1ccc2cc(-c3cc(-c4ccc5ccccc5c4)nc(-c4cc(-c5cc6ccccc6cn5)cc(-c5ccc6ccccc6n5)c4)n3)ccc2c1. The van der Waals surface area contributed by atoms with Gasteiger partial charge in [-0.3, -0.25) is 4.98 Å². The molecule has 0 amide bonds. The summed E-state index contributed by atoms with van der Waals surface area (Å²) in [6.45, 7) is 0. The van der Waals surface area contributed by atoms with Gasteiger partial charge in [0, 0.05) is 44.8 Å². The molecular weight excluding hydrogens is 633 g/mol. The molecule has 0 unspecified atom stereocenters. The summed E-state index contributed by atoms with van der Waals surface area (Å²) in [5.74, 6) is 0.637. The highest BCUT2D eigenvalue weighted by atomic mass is 14.9. The van der Waals surface area contributed by atoms with Crippen LogP contribution in [-0.2, 0) is 0 Å². The summed E-state index contributed by atoms with van der Waals surface area (Å²) in [4.78, 5) is 20.6. The fourth-order valence-electron chi connectivity index (χ4n) is 7.09. The molecule has 0 N–H and O–H groups in total. The third kappa shape index (κ3) is 5.53.